The lowest BCUT2D eigenvalue weighted by Gasteiger charge is -2.02. The van der Waals surface area contributed by atoms with E-state index in [9.17, 15) is 22.0 Å². The first-order chi connectivity index (χ1) is 12.3. The third-order valence-electron chi connectivity index (χ3n) is 3.40. The predicted octanol–water partition coefficient (Wildman–Crippen LogP) is 1.94. The smallest absolute Gasteiger partial charge is 0.258 e. The fourth-order valence-corrected chi connectivity index (χ4v) is 3.26. The molecule has 1 heterocycles. The predicted molar refractivity (Wildman–Crippen MR) is 86.3 cm³/mol. The number of nitrogens with zero attached hydrogens (tertiary/aromatic N) is 2. The summed E-state index contributed by atoms with van der Waals surface area (Å²) in [5.41, 5.74) is 5.54. The van der Waals surface area contributed by atoms with Crippen LogP contribution in [0.4, 0.5) is 8.78 Å². The Bertz CT molecular complexity index is 1080. The van der Waals surface area contributed by atoms with Gasteiger partial charge in [0, 0.05) is 11.1 Å². The fraction of sp³-hybridized carbons (Fsp3) is 0.0625. The number of carbonyl (C=O) groups is 1. The number of aromatic nitrogens is 2. The monoisotopic (exact) mass is 379 g/mol. The van der Waals surface area contributed by atoms with Crippen molar-refractivity contribution in [3.05, 3.63) is 54.1 Å². The highest BCUT2D eigenvalue weighted by Gasteiger charge is 2.18. The molecule has 2 N–H and O–H groups in total. The maximum atomic E-state index is 13.3. The number of rotatable bonds is 5. The molecule has 0 saturated heterocycles. The highest BCUT2D eigenvalue weighted by Crippen LogP contribution is 2.24. The lowest BCUT2D eigenvalue weighted by Crippen LogP contribution is -2.23. The summed E-state index contributed by atoms with van der Waals surface area (Å²) in [6.45, 7) is 0. The molecule has 0 aliphatic rings. The zero-order valence-electron chi connectivity index (χ0n) is 13.0. The number of halogens is 2. The maximum absolute atomic E-state index is 13.3. The van der Waals surface area contributed by atoms with Gasteiger partial charge in [-0.1, -0.05) is 5.16 Å². The summed E-state index contributed by atoms with van der Waals surface area (Å²) in [5, 5.41) is 3.69. The van der Waals surface area contributed by atoms with Gasteiger partial charge in [-0.05, 0) is 42.5 Å². The Hall–Kier alpha value is -3.14. The summed E-state index contributed by atoms with van der Waals surface area (Å²) in [5.74, 6) is -3.69. The molecule has 0 unspecified atom stereocenters. The minimum absolute atomic E-state index is 0.0457. The van der Waals surface area contributed by atoms with Crippen LogP contribution >= 0.6 is 0 Å². The number of hydrogen-bond donors (Lipinski definition) is 1. The van der Waals surface area contributed by atoms with Crippen LogP contribution in [0.3, 0.4) is 0 Å². The Morgan fingerprint density at radius 2 is 1.69 bits per heavy atom. The molecule has 134 valence electrons. The van der Waals surface area contributed by atoms with E-state index in [2.05, 4.69) is 10.1 Å². The van der Waals surface area contributed by atoms with Crippen molar-refractivity contribution >= 4 is 15.7 Å². The molecule has 0 bridgehead atoms. The molecular formula is C16H11F2N3O4S. The van der Waals surface area contributed by atoms with Crippen LogP contribution in [0.25, 0.3) is 22.8 Å². The van der Waals surface area contributed by atoms with E-state index >= 15 is 0 Å². The average Bonchev–Trinajstić information content (AvgIpc) is 3.06. The Balaban J connectivity index is 1.88. The van der Waals surface area contributed by atoms with Crippen LogP contribution in [0.2, 0.25) is 0 Å². The van der Waals surface area contributed by atoms with Gasteiger partial charge in [0.1, 0.15) is 5.75 Å². The Morgan fingerprint density at radius 1 is 1.04 bits per heavy atom. The standard InChI is InChI=1S/C16H11F2N3O4S/c17-12-6-3-10(7-13(12)18)15-20-16(25-21-15)9-1-4-11(5-2-9)26(23,24)8-14(19)22/h1-7H,8H2,(H2,19,22). The molecule has 10 heteroatoms. The van der Waals surface area contributed by atoms with E-state index in [-0.39, 0.29) is 22.2 Å². The van der Waals surface area contributed by atoms with Crippen molar-refractivity contribution in [3.63, 3.8) is 0 Å². The van der Waals surface area contributed by atoms with Crippen LogP contribution in [-0.2, 0) is 14.6 Å². The van der Waals surface area contributed by atoms with Gasteiger partial charge in [0.25, 0.3) is 5.89 Å². The van der Waals surface area contributed by atoms with Gasteiger partial charge < -0.3 is 10.3 Å². The van der Waals surface area contributed by atoms with Crippen LogP contribution in [-0.4, -0.2) is 30.2 Å². The van der Waals surface area contributed by atoms with E-state index in [1.807, 2.05) is 0 Å². The van der Waals surface area contributed by atoms with Gasteiger partial charge in [-0.25, -0.2) is 17.2 Å². The van der Waals surface area contributed by atoms with Crippen molar-refractivity contribution in [1.29, 1.82) is 0 Å². The van der Waals surface area contributed by atoms with Crippen LogP contribution in [0.15, 0.2) is 51.9 Å². The largest absolute Gasteiger partial charge is 0.369 e. The summed E-state index contributed by atoms with van der Waals surface area (Å²) in [6, 6.07) is 8.55. The average molecular weight is 379 g/mol. The molecular weight excluding hydrogens is 368 g/mol. The topological polar surface area (TPSA) is 116 Å². The molecule has 0 atom stereocenters. The molecule has 0 radical (unpaired) electrons. The molecule has 1 amide bonds. The fourth-order valence-electron chi connectivity index (χ4n) is 2.17. The van der Waals surface area contributed by atoms with Crippen molar-refractivity contribution in [2.24, 2.45) is 5.73 Å². The zero-order chi connectivity index (χ0) is 18.9. The lowest BCUT2D eigenvalue weighted by atomic mass is 10.2. The molecule has 3 aromatic rings. The second-order valence-electron chi connectivity index (χ2n) is 5.30. The van der Waals surface area contributed by atoms with Crippen molar-refractivity contribution in [2.45, 2.75) is 4.90 Å². The van der Waals surface area contributed by atoms with E-state index in [0.29, 0.717) is 5.56 Å². The zero-order valence-corrected chi connectivity index (χ0v) is 13.8. The lowest BCUT2D eigenvalue weighted by molar-refractivity contribution is -0.115. The molecule has 7 nitrogen and oxygen atoms in total. The minimum Gasteiger partial charge on any atom is -0.369 e. The molecule has 3 rings (SSSR count). The highest BCUT2D eigenvalue weighted by molar-refractivity contribution is 7.92. The van der Waals surface area contributed by atoms with Gasteiger partial charge in [0.2, 0.25) is 11.7 Å². The SMILES string of the molecule is NC(=O)CS(=O)(=O)c1ccc(-c2nc(-c3ccc(F)c(F)c3)no2)cc1. The number of nitrogens with two attached hydrogens (primary N) is 1. The Morgan fingerprint density at radius 3 is 2.31 bits per heavy atom. The first kappa shape index (κ1) is 17.7. The number of carbonyl (C=O) groups excluding carboxylic acids is 1. The number of sulfone groups is 1. The van der Waals surface area contributed by atoms with Crippen LogP contribution in [0, 0.1) is 11.6 Å². The molecule has 0 fully saturated rings. The number of benzene rings is 2. The summed E-state index contributed by atoms with van der Waals surface area (Å²) in [4.78, 5) is 14.8. The second-order valence-corrected chi connectivity index (χ2v) is 7.29. The molecule has 0 saturated carbocycles. The van der Waals surface area contributed by atoms with E-state index in [1.54, 1.807) is 0 Å². The molecule has 0 aliphatic heterocycles. The van der Waals surface area contributed by atoms with Crippen molar-refractivity contribution in [3.8, 4) is 22.8 Å². The van der Waals surface area contributed by atoms with Gasteiger partial charge in [-0.15, -0.1) is 0 Å². The van der Waals surface area contributed by atoms with E-state index in [0.717, 1.165) is 12.1 Å². The van der Waals surface area contributed by atoms with Gasteiger partial charge in [-0.3, -0.25) is 4.79 Å². The van der Waals surface area contributed by atoms with Gasteiger partial charge >= 0.3 is 0 Å². The summed E-state index contributed by atoms with van der Waals surface area (Å²) < 4.78 is 55.2. The number of amides is 1. The van der Waals surface area contributed by atoms with Crippen molar-refractivity contribution < 1.29 is 26.5 Å². The van der Waals surface area contributed by atoms with Gasteiger partial charge in [0.05, 0.1) is 4.90 Å². The number of primary amides is 1. The normalized spacial score (nSPS) is 11.5. The molecule has 26 heavy (non-hydrogen) atoms. The van der Waals surface area contributed by atoms with Crippen LogP contribution < -0.4 is 5.73 Å². The van der Waals surface area contributed by atoms with Gasteiger partial charge in [0.15, 0.2) is 21.5 Å². The molecule has 0 spiro atoms. The third kappa shape index (κ3) is 3.59. The van der Waals surface area contributed by atoms with E-state index < -0.39 is 33.1 Å². The molecule has 2 aromatic carbocycles. The maximum Gasteiger partial charge on any atom is 0.258 e. The van der Waals surface area contributed by atoms with Gasteiger partial charge in [-0.2, -0.15) is 4.98 Å². The van der Waals surface area contributed by atoms with Crippen molar-refractivity contribution in [2.75, 3.05) is 5.75 Å². The summed E-state index contributed by atoms with van der Waals surface area (Å²) >= 11 is 0. The van der Waals surface area contributed by atoms with Crippen LogP contribution in [0.1, 0.15) is 0 Å². The van der Waals surface area contributed by atoms with E-state index in [4.69, 9.17) is 10.3 Å². The first-order valence-electron chi connectivity index (χ1n) is 7.17. The first-order valence-corrected chi connectivity index (χ1v) is 8.82. The van der Waals surface area contributed by atoms with E-state index in [1.165, 1.54) is 30.3 Å². The Labute approximate surface area is 146 Å². The number of hydrogen-bond acceptors (Lipinski definition) is 6. The minimum atomic E-state index is -3.82. The third-order valence-corrected chi connectivity index (χ3v) is 5.05. The Kier molecular flexibility index (Phi) is 4.51. The van der Waals surface area contributed by atoms with Crippen LogP contribution in [0.5, 0.6) is 0 Å². The summed E-state index contributed by atoms with van der Waals surface area (Å²) in [6.07, 6.45) is 0. The highest BCUT2D eigenvalue weighted by atomic mass is 32.2. The molecule has 0 aliphatic carbocycles. The summed E-state index contributed by atoms with van der Waals surface area (Å²) in [7, 11) is -3.82. The molecule has 1 aromatic heterocycles. The second kappa shape index (κ2) is 6.64. The quantitative estimate of drug-likeness (QED) is 0.724. The van der Waals surface area contributed by atoms with Crippen molar-refractivity contribution in [1.82, 2.24) is 10.1 Å².